The Hall–Kier alpha value is -3.45. The Morgan fingerprint density at radius 2 is 1.61 bits per heavy atom. The number of rotatable bonds is 7. The van der Waals surface area contributed by atoms with Gasteiger partial charge in [0.05, 0.1) is 11.2 Å². The molecule has 0 saturated carbocycles. The van der Waals surface area contributed by atoms with Crippen molar-refractivity contribution < 1.29 is 19.4 Å². The van der Waals surface area contributed by atoms with E-state index in [0.29, 0.717) is 11.3 Å². The van der Waals surface area contributed by atoms with Crippen molar-refractivity contribution in [2.24, 2.45) is 0 Å². The van der Waals surface area contributed by atoms with Crippen LogP contribution in [0, 0.1) is 0 Å². The Morgan fingerprint density at radius 3 is 2.21 bits per heavy atom. The van der Waals surface area contributed by atoms with Gasteiger partial charge in [-0.25, -0.2) is 4.79 Å². The maximum absolute atomic E-state index is 12.5. The van der Waals surface area contributed by atoms with Crippen molar-refractivity contribution >= 4 is 29.4 Å². The number of para-hydroxylation sites is 2. The lowest BCUT2D eigenvalue weighted by Gasteiger charge is -2.27. The van der Waals surface area contributed by atoms with Crippen LogP contribution < -0.4 is 10.6 Å². The molecule has 0 bridgehead atoms. The summed E-state index contributed by atoms with van der Waals surface area (Å²) in [6.45, 7) is 5.62. The van der Waals surface area contributed by atoms with Crippen LogP contribution in [0.5, 0.6) is 5.75 Å². The van der Waals surface area contributed by atoms with Gasteiger partial charge >= 0.3 is 6.09 Å². The summed E-state index contributed by atoms with van der Waals surface area (Å²) in [5.41, 5.74) is 1.90. The summed E-state index contributed by atoms with van der Waals surface area (Å²) < 4.78 is 5.56. The van der Waals surface area contributed by atoms with E-state index in [1.165, 1.54) is 6.07 Å². The fraction of sp³-hybridized carbons (Fsp3) is 0.231. The van der Waals surface area contributed by atoms with Crippen LogP contribution in [-0.2, 0) is 10.3 Å². The van der Waals surface area contributed by atoms with Gasteiger partial charge in [-0.1, -0.05) is 36.4 Å². The van der Waals surface area contributed by atoms with E-state index < -0.39 is 17.7 Å². The molecule has 0 heterocycles. The van der Waals surface area contributed by atoms with Gasteiger partial charge in [-0.3, -0.25) is 4.79 Å². The second-order valence-electron chi connectivity index (χ2n) is 8.12. The first-order chi connectivity index (χ1) is 15.7. The second-order valence-corrected chi connectivity index (χ2v) is 9.00. The number of benzene rings is 3. The zero-order valence-electron chi connectivity index (χ0n) is 19.1. The average molecular weight is 465 g/mol. The molecule has 0 fully saturated rings. The van der Waals surface area contributed by atoms with Gasteiger partial charge in [-0.15, -0.1) is 11.8 Å². The van der Waals surface area contributed by atoms with Crippen molar-refractivity contribution in [1.82, 2.24) is 5.32 Å². The molecule has 1 unspecified atom stereocenters. The molecule has 0 aromatic heterocycles. The third kappa shape index (κ3) is 6.29. The first-order valence-electron chi connectivity index (χ1n) is 10.5. The molecular formula is C26H28N2O4S. The lowest BCUT2D eigenvalue weighted by molar-refractivity contribution is 0.0979. The minimum Gasteiger partial charge on any atom is -0.506 e. The average Bonchev–Trinajstić information content (AvgIpc) is 2.80. The molecule has 7 heteroatoms. The zero-order chi connectivity index (χ0) is 24.0. The number of carbonyl (C=O) groups is 2. The summed E-state index contributed by atoms with van der Waals surface area (Å²) in [7, 11) is 0. The molecule has 2 amide bonds. The SMILES string of the molecule is CSc1ccc(C(C)(C)NC(=O)OC(C)c2ccc(C(=O)Nc3ccccc3O)cc2)cc1. The Labute approximate surface area is 198 Å². The number of aromatic hydroxyl groups is 1. The van der Waals surface area contributed by atoms with Gasteiger partial charge in [0.15, 0.2) is 0 Å². The van der Waals surface area contributed by atoms with Crippen molar-refractivity contribution in [2.45, 2.75) is 37.3 Å². The summed E-state index contributed by atoms with van der Waals surface area (Å²) >= 11 is 1.66. The second kappa shape index (κ2) is 10.4. The molecule has 0 saturated heterocycles. The smallest absolute Gasteiger partial charge is 0.408 e. The van der Waals surface area contributed by atoms with Gasteiger partial charge in [-0.2, -0.15) is 0 Å². The van der Waals surface area contributed by atoms with E-state index in [1.54, 1.807) is 61.2 Å². The number of carbonyl (C=O) groups excluding carboxylic acids is 2. The van der Waals surface area contributed by atoms with Crippen LogP contribution >= 0.6 is 11.8 Å². The summed E-state index contributed by atoms with van der Waals surface area (Å²) in [6.07, 6.45) is 0.988. The number of ether oxygens (including phenoxy) is 1. The summed E-state index contributed by atoms with van der Waals surface area (Å²) in [6, 6.07) is 21.3. The van der Waals surface area contributed by atoms with Gasteiger partial charge in [0.1, 0.15) is 11.9 Å². The number of hydrogen-bond donors (Lipinski definition) is 3. The molecule has 3 aromatic rings. The zero-order valence-corrected chi connectivity index (χ0v) is 19.9. The molecule has 0 spiro atoms. The Balaban J connectivity index is 1.59. The molecule has 33 heavy (non-hydrogen) atoms. The molecule has 3 aromatic carbocycles. The van der Waals surface area contributed by atoms with Crippen molar-refractivity contribution in [3.63, 3.8) is 0 Å². The molecule has 0 aliphatic heterocycles. The van der Waals surface area contributed by atoms with Crippen LogP contribution in [0.2, 0.25) is 0 Å². The van der Waals surface area contributed by atoms with Crippen LogP contribution in [0.25, 0.3) is 0 Å². The standard InChI is InChI=1S/C26H28N2O4S/c1-17(32-25(31)28-26(2,3)20-13-15-21(33-4)16-14-20)18-9-11-19(12-10-18)24(30)27-22-7-5-6-8-23(22)29/h5-17,29H,1-4H3,(H,27,30)(H,28,31). The number of amides is 2. The van der Waals surface area contributed by atoms with E-state index in [1.807, 2.05) is 44.4 Å². The van der Waals surface area contributed by atoms with Gasteiger partial charge in [0.2, 0.25) is 0 Å². The molecule has 1 atom stereocenters. The highest BCUT2D eigenvalue weighted by Crippen LogP contribution is 2.25. The highest BCUT2D eigenvalue weighted by Gasteiger charge is 2.25. The van der Waals surface area contributed by atoms with Crippen LogP contribution in [0.1, 0.15) is 48.4 Å². The lowest BCUT2D eigenvalue weighted by Crippen LogP contribution is -2.41. The monoisotopic (exact) mass is 464 g/mol. The minimum atomic E-state index is -0.599. The predicted molar refractivity (Wildman–Crippen MR) is 132 cm³/mol. The van der Waals surface area contributed by atoms with E-state index in [0.717, 1.165) is 16.0 Å². The van der Waals surface area contributed by atoms with Gasteiger partial charge in [0.25, 0.3) is 5.91 Å². The summed E-state index contributed by atoms with van der Waals surface area (Å²) in [5, 5.41) is 15.4. The maximum atomic E-state index is 12.5. The first kappa shape index (κ1) is 24.2. The number of nitrogens with one attached hydrogen (secondary N) is 2. The Bertz CT molecular complexity index is 1110. The van der Waals surface area contributed by atoms with E-state index in [2.05, 4.69) is 10.6 Å². The Kier molecular flexibility index (Phi) is 7.66. The molecule has 0 radical (unpaired) electrons. The highest BCUT2D eigenvalue weighted by atomic mass is 32.2. The summed E-state index contributed by atoms with van der Waals surface area (Å²) in [5.74, 6) is -0.345. The lowest BCUT2D eigenvalue weighted by atomic mass is 9.95. The quantitative estimate of drug-likeness (QED) is 0.291. The first-order valence-corrected chi connectivity index (χ1v) is 11.7. The number of phenols is 1. The van der Waals surface area contributed by atoms with E-state index in [4.69, 9.17) is 4.74 Å². The van der Waals surface area contributed by atoms with Gasteiger partial charge in [-0.05, 0) is 74.6 Å². The van der Waals surface area contributed by atoms with Crippen molar-refractivity contribution in [3.8, 4) is 5.75 Å². The number of hydrogen-bond acceptors (Lipinski definition) is 5. The molecule has 3 rings (SSSR count). The molecule has 0 aliphatic carbocycles. The fourth-order valence-electron chi connectivity index (χ4n) is 3.27. The predicted octanol–water partition coefficient (Wildman–Crippen LogP) is 6.09. The maximum Gasteiger partial charge on any atom is 0.408 e. The van der Waals surface area contributed by atoms with Crippen LogP contribution in [-0.4, -0.2) is 23.4 Å². The Morgan fingerprint density at radius 1 is 0.970 bits per heavy atom. The van der Waals surface area contributed by atoms with Crippen LogP contribution in [0.3, 0.4) is 0 Å². The van der Waals surface area contributed by atoms with Crippen LogP contribution in [0.4, 0.5) is 10.5 Å². The third-order valence-electron chi connectivity index (χ3n) is 5.30. The number of thioether (sulfide) groups is 1. The minimum absolute atomic E-state index is 0.00127. The molecule has 0 aliphatic rings. The van der Waals surface area contributed by atoms with E-state index >= 15 is 0 Å². The molecule has 3 N–H and O–H groups in total. The van der Waals surface area contributed by atoms with E-state index in [9.17, 15) is 14.7 Å². The summed E-state index contributed by atoms with van der Waals surface area (Å²) in [4.78, 5) is 26.1. The fourth-order valence-corrected chi connectivity index (χ4v) is 3.68. The number of anilines is 1. The van der Waals surface area contributed by atoms with E-state index in [-0.39, 0.29) is 11.7 Å². The topological polar surface area (TPSA) is 87.7 Å². The highest BCUT2D eigenvalue weighted by molar-refractivity contribution is 7.98. The normalized spacial score (nSPS) is 12.0. The van der Waals surface area contributed by atoms with Crippen molar-refractivity contribution in [2.75, 3.05) is 11.6 Å². The van der Waals surface area contributed by atoms with Crippen LogP contribution in [0.15, 0.2) is 77.7 Å². The molecule has 172 valence electrons. The van der Waals surface area contributed by atoms with Crippen molar-refractivity contribution in [3.05, 3.63) is 89.5 Å². The number of phenolic OH excluding ortho intramolecular Hbond substituents is 1. The van der Waals surface area contributed by atoms with Gasteiger partial charge in [0, 0.05) is 10.5 Å². The van der Waals surface area contributed by atoms with Gasteiger partial charge < -0.3 is 20.5 Å². The molecular weight excluding hydrogens is 436 g/mol. The third-order valence-corrected chi connectivity index (χ3v) is 6.05. The number of alkyl carbamates (subject to hydrolysis) is 1. The van der Waals surface area contributed by atoms with Crippen molar-refractivity contribution in [1.29, 1.82) is 0 Å². The largest absolute Gasteiger partial charge is 0.506 e. The molecule has 6 nitrogen and oxygen atoms in total.